The summed E-state index contributed by atoms with van der Waals surface area (Å²) in [6.07, 6.45) is 0. The number of nitrogens with zero attached hydrogens (tertiary/aromatic N) is 2. The summed E-state index contributed by atoms with van der Waals surface area (Å²) in [4.78, 5) is 21.1. The summed E-state index contributed by atoms with van der Waals surface area (Å²) in [5, 5.41) is 0.681. The molecule has 0 unspecified atom stereocenters. The van der Waals surface area contributed by atoms with E-state index in [4.69, 9.17) is 14.5 Å². The third-order valence-electron chi connectivity index (χ3n) is 4.31. The topological polar surface area (TPSA) is 56.1 Å². The fraction of sp³-hybridized carbons (Fsp3) is 0.333. The average molecular weight is 401 g/mol. The molecule has 148 valence electrons. The molecule has 1 amide bonds. The zero-order valence-electron chi connectivity index (χ0n) is 16.7. The Morgan fingerprint density at radius 2 is 2.00 bits per heavy atom. The minimum atomic E-state index is -0.109. The number of amides is 1. The van der Waals surface area contributed by atoms with Crippen LogP contribution in [0.3, 0.4) is 0 Å². The molecule has 0 saturated heterocycles. The van der Waals surface area contributed by atoms with Gasteiger partial charge in [-0.3, -0.25) is 9.69 Å². The summed E-state index contributed by atoms with van der Waals surface area (Å²) in [5.74, 6) is 1.27. The van der Waals surface area contributed by atoms with Gasteiger partial charge in [0.2, 0.25) is 0 Å². The molecule has 1 aromatic heterocycles. The van der Waals surface area contributed by atoms with Crippen molar-refractivity contribution in [2.24, 2.45) is 0 Å². The van der Waals surface area contributed by atoms with Gasteiger partial charge in [-0.1, -0.05) is 23.5 Å². The van der Waals surface area contributed by atoms with Crippen molar-refractivity contribution in [3.63, 3.8) is 0 Å². The Labute approximate surface area is 169 Å². The molecule has 2 aromatic carbocycles. The molecule has 28 heavy (non-hydrogen) atoms. The molecule has 0 fully saturated rings. The Morgan fingerprint density at radius 3 is 2.71 bits per heavy atom. The molecule has 0 aliphatic heterocycles. The van der Waals surface area contributed by atoms with Crippen molar-refractivity contribution in [2.45, 2.75) is 6.92 Å². The number of ether oxygens (including phenoxy) is 2. The monoisotopic (exact) mass is 400 g/mol. The lowest BCUT2D eigenvalue weighted by atomic mass is 10.1. The first-order valence-electron chi connectivity index (χ1n) is 9.30. The van der Waals surface area contributed by atoms with Gasteiger partial charge in [0.15, 0.2) is 5.13 Å². The van der Waals surface area contributed by atoms with E-state index in [9.17, 15) is 4.79 Å². The molecule has 0 radical (unpaired) electrons. The van der Waals surface area contributed by atoms with E-state index in [-0.39, 0.29) is 5.91 Å². The molecule has 1 N–H and O–H groups in total. The number of hydrogen-bond donors (Lipinski definition) is 1. The number of carbonyl (C=O) groups excluding carboxylic acids is 1. The SMILES string of the molecule is CCOc1ccc2nc(N(CC[NH+](C)C)C(=O)c3ccccc3OC)sc2c1. The van der Waals surface area contributed by atoms with Gasteiger partial charge in [0, 0.05) is 0 Å². The van der Waals surface area contributed by atoms with Crippen LogP contribution >= 0.6 is 11.3 Å². The third-order valence-corrected chi connectivity index (χ3v) is 5.35. The van der Waals surface area contributed by atoms with Crippen LogP contribution < -0.4 is 19.3 Å². The Bertz CT molecular complexity index is 955. The van der Waals surface area contributed by atoms with Crippen LogP contribution in [0.5, 0.6) is 11.5 Å². The largest absolute Gasteiger partial charge is 0.496 e. The molecule has 3 aromatic rings. The van der Waals surface area contributed by atoms with Crippen molar-refractivity contribution in [3.8, 4) is 11.5 Å². The highest BCUT2D eigenvalue weighted by Crippen LogP contribution is 2.33. The van der Waals surface area contributed by atoms with Crippen molar-refractivity contribution in [1.29, 1.82) is 0 Å². The van der Waals surface area contributed by atoms with Gasteiger partial charge < -0.3 is 14.4 Å². The second-order valence-electron chi connectivity index (χ2n) is 6.67. The number of hydrogen-bond acceptors (Lipinski definition) is 5. The first-order chi connectivity index (χ1) is 13.5. The Kier molecular flexibility index (Phi) is 6.49. The molecule has 0 bridgehead atoms. The number of nitrogens with one attached hydrogen (secondary N) is 1. The van der Waals surface area contributed by atoms with E-state index >= 15 is 0 Å². The minimum absolute atomic E-state index is 0.109. The quantitative estimate of drug-likeness (QED) is 0.631. The molecule has 0 atom stereocenters. The third kappa shape index (κ3) is 4.43. The number of thiazole rings is 1. The first kappa shape index (κ1) is 20.1. The van der Waals surface area contributed by atoms with E-state index in [2.05, 4.69) is 14.1 Å². The Balaban J connectivity index is 1.99. The van der Waals surface area contributed by atoms with Gasteiger partial charge in [-0.25, -0.2) is 4.98 Å². The molecular formula is C21H26N3O3S+. The van der Waals surface area contributed by atoms with E-state index in [1.54, 1.807) is 24.1 Å². The van der Waals surface area contributed by atoms with Crippen LogP contribution in [0.4, 0.5) is 5.13 Å². The summed E-state index contributed by atoms with van der Waals surface area (Å²) >= 11 is 1.50. The van der Waals surface area contributed by atoms with Gasteiger partial charge in [-0.15, -0.1) is 0 Å². The molecule has 1 heterocycles. The lowest BCUT2D eigenvalue weighted by molar-refractivity contribution is -0.856. The number of carbonyl (C=O) groups is 1. The average Bonchev–Trinajstić information content (AvgIpc) is 3.11. The molecule has 6 nitrogen and oxygen atoms in total. The number of fused-ring (bicyclic) bond motifs is 1. The van der Waals surface area contributed by atoms with Crippen molar-refractivity contribution in [2.75, 3.05) is 45.8 Å². The summed E-state index contributed by atoms with van der Waals surface area (Å²) in [6, 6.07) is 13.1. The Hall–Kier alpha value is -2.64. The summed E-state index contributed by atoms with van der Waals surface area (Å²) < 4.78 is 12.0. The van der Waals surface area contributed by atoms with Crippen molar-refractivity contribution in [3.05, 3.63) is 48.0 Å². The van der Waals surface area contributed by atoms with Gasteiger partial charge in [-0.05, 0) is 37.3 Å². The van der Waals surface area contributed by atoms with Gasteiger partial charge in [0.25, 0.3) is 5.91 Å². The fourth-order valence-electron chi connectivity index (χ4n) is 2.85. The fourth-order valence-corrected chi connectivity index (χ4v) is 3.87. The van der Waals surface area contributed by atoms with Crippen molar-refractivity contribution >= 4 is 32.6 Å². The molecule has 0 saturated carbocycles. The zero-order chi connectivity index (χ0) is 20.1. The smallest absolute Gasteiger partial charge is 0.264 e. The predicted octanol–water partition coefficient (Wildman–Crippen LogP) is 2.49. The molecule has 0 aliphatic carbocycles. The van der Waals surface area contributed by atoms with Crippen LogP contribution in [0.1, 0.15) is 17.3 Å². The van der Waals surface area contributed by atoms with E-state index in [0.29, 0.717) is 29.6 Å². The predicted molar refractivity (Wildman–Crippen MR) is 113 cm³/mol. The highest BCUT2D eigenvalue weighted by atomic mass is 32.1. The molecule has 3 rings (SSSR count). The van der Waals surface area contributed by atoms with E-state index in [1.165, 1.54) is 16.2 Å². The highest BCUT2D eigenvalue weighted by molar-refractivity contribution is 7.22. The van der Waals surface area contributed by atoms with Crippen LogP contribution in [0, 0.1) is 0 Å². The van der Waals surface area contributed by atoms with Crippen LogP contribution in [-0.2, 0) is 0 Å². The van der Waals surface area contributed by atoms with Crippen LogP contribution in [0.2, 0.25) is 0 Å². The maximum Gasteiger partial charge on any atom is 0.264 e. The standard InChI is InChI=1S/C21H25N3O3S/c1-5-27-15-10-11-17-19(14-15)28-21(22-17)24(13-12-23(2)3)20(25)16-8-6-7-9-18(16)26-4/h6-11,14H,5,12-13H2,1-4H3/p+1. The molecule has 7 heteroatoms. The number of benzene rings is 2. The van der Waals surface area contributed by atoms with E-state index < -0.39 is 0 Å². The number of anilines is 1. The minimum Gasteiger partial charge on any atom is -0.496 e. The lowest BCUT2D eigenvalue weighted by Gasteiger charge is -2.21. The van der Waals surface area contributed by atoms with Crippen molar-refractivity contribution in [1.82, 2.24) is 4.98 Å². The van der Waals surface area contributed by atoms with Gasteiger partial charge >= 0.3 is 0 Å². The van der Waals surface area contributed by atoms with Gasteiger partial charge in [0.05, 0.1) is 56.7 Å². The second kappa shape index (κ2) is 9.03. The van der Waals surface area contributed by atoms with Crippen LogP contribution in [0.15, 0.2) is 42.5 Å². The number of methoxy groups -OCH3 is 1. The highest BCUT2D eigenvalue weighted by Gasteiger charge is 2.24. The number of rotatable bonds is 8. The number of para-hydroxylation sites is 1. The normalized spacial score (nSPS) is 11.0. The molecule has 0 spiro atoms. The maximum atomic E-state index is 13.4. The second-order valence-corrected chi connectivity index (χ2v) is 7.68. The molecular weight excluding hydrogens is 374 g/mol. The first-order valence-corrected chi connectivity index (χ1v) is 10.1. The molecule has 0 aliphatic rings. The lowest BCUT2D eigenvalue weighted by Crippen LogP contribution is -3.06. The number of aromatic nitrogens is 1. The van der Waals surface area contributed by atoms with Gasteiger partial charge in [-0.2, -0.15) is 0 Å². The van der Waals surface area contributed by atoms with E-state index in [0.717, 1.165) is 22.5 Å². The summed E-state index contributed by atoms with van der Waals surface area (Å²) in [7, 11) is 5.71. The maximum absolute atomic E-state index is 13.4. The van der Waals surface area contributed by atoms with Gasteiger partial charge in [0.1, 0.15) is 11.5 Å². The van der Waals surface area contributed by atoms with Crippen LogP contribution in [0.25, 0.3) is 10.2 Å². The Morgan fingerprint density at radius 1 is 1.21 bits per heavy atom. The zero-order valence-corrected chi connectivity index (χ0v) is 17.5. The summed E-state index contributed by atoms with van der Waals surface area (Å²) in [5.41, 5.74) is 1.39. The van der Waals surface area contributed by atoms with Crippen molar-refractivity contribution < 1.29 is 19.2 Å². The van der Waals surface area contributed by atoms with E-state index in [1.807, 2.05) is 37.3 Å². The van der Waals surface area contributed by atoms with Crippen LogP contribution in [-0.4, -0.2) is 51.8 Å². The number of quaternary nitrogens is 1. The number of likely N-dealkylation sites (N-methyl/N-ethyl adjacent to an activating group) is 1. The summed E-state index contributed by atoms with van der Waals surface area (Å²) in [6.45, 7) is 3.94.